The first kappa shape index (κ1) is 14.9. The fourth-order valence-corrected chi connectivity index (χ4v) is 2.57. The molecule has 1 N–H and O–H groups in total. The molecule has 1 atom stereocenters. The van der Waals surface area contributed by atoms with Crippen molar-refractivity contribution in [1.82, 2.24) is 20.1 Å². The van der Waals surface area contributed by atoms with Crippen molar-refractivity contribution in [3.63, 3.8) is 0 Å². The number of rotatable bonds is 5. The second kappa shape index (κ2) is 6.76. The van der Waals surface area contributed by atoms with Crippen LogP contribution in [0.3, 0.4) is 0 Å². The molecule has 0 aliphatic rings. The maximum Gasteiger partial charge on any atom is 0.230 e. The van der Waals surface area contributed by atoms with Gasteiger partial charge in [-0.3, -0.25) is 4.79 Å². The minimum Gasteiger partial charge on any atom is -0.349 e. The van der Waals surface area contributed by atoms with Crippen LogP contribution in [-0.2, 0) is 11.8 Å². The second-order valence-electron chi connectivity index (χ2n) is 4.36. The molecular formula is C13H15ClN4OS. The molecule has 0 saturated carbocycles. The lowest BCUT2D eigenvalue weighted by Gasteiger charge is -2.14. The molecule has 20 heavy (non-hydrogen) atoms. The van der Waals surface area contributed by atoms with Gasteiger partial charge in [-0.2, -0.15) is 0 Å². The molecule has 0 spiro atoms. The summed E-state index contributed by atoms with van der Waals surface area (Å²) in [5.74, 6) is 0.253. The largest absolute Gasteiger partial charge is 0.349 e. The summed E-state index contributed by atoms with van der Waals surface area (Å²) in [5, 5.41) is 12.0. The summed E-state index contributed by atoms with van der Waals surface area (Å²) in [4.78, 5) is 11.9. The van der Waals surface area contributed by atoms with Gasteiger partial charge in [-0.25, -0.2) is 0 Å². The van der Waals surface area contributed by atoms with Gasteiger partial charge in [-0.1, -0.05) is 35.5 Å². The van der Waals surface area contributed by atoms with E-state index in [-0.39, 0.29) is 11.9 Å². The first-order chi connectivity index (χ1) is 9.56. The molecule has 0 aliphatic carbocycles. The number of nitrogens with zero attached hydrogens (tertiary/aromatic N) is 3. The van der Waals surface area contributed by atoms with Crippen molar-refractivity contribution in [1.29, 1.82) is 0 Å². The second-order valence-corrected chi connectivity index (χ2v) is 5.74. The lowest BCUT2D eigenvalue weighted by molar-refractivity contribution is -0.119. The van der Waals surface area contributed by atoms with Gasteiger partial charge in [0.05, 0.1) is 11.8 Å². The molecule has 0 radical (unpaired) electrons. The summed E-state index contributed by atoms with van der Waals surface area (Å²) in [6.45, 7) is 1.93. The molecule has 106 valence electrons. The molecule has 7 heteroatoms. The molecule has 1 aromatic carbocycles. The van der Waals surface area contributed by atoms with Crippen molar-refractivity contribution in [3.05, 3.63) is 41.2 Å². The third-order valence-electron chi connectivity index (χ3n) is 2.73. The molecular weight excluding hydrogens is 296 g/mol. The topological polar surface area (TPSA) is 59.8 Å². The first-order valence-electron chi connectivity index (χ1n) is 6.08. The van der Waals surface area contributed by atoms with Gasteiger partial charge in [0.25, 0.3) is 0 Å². The van der Waals surface area contributed by atoms with Gasteiger partial charge in [0, 0.05) is 12.1 Å². The Morgan fingerprint density at radius 2 is 2.35 bits per heavy atom. The van der Waals surface area contributed by atoms with Crippen molar-refractivity contribution in [2.75, 3.05) is 5.75 Å². The van der Waals surface area contributed by atoms with Crippen LogP contribution in [0.1, 0.15) is 18.5 Å². The highest BCUT2D eigenvalue weighted by Gasteiger charge is 2.11. The highest BCUT2D eigenvalue weighted by molar-refractivity contribution is 7.99. The number of hydrogen-bond donors (Lipinski definition) is 1. The number of amides is 1. The molecule has 1 aromatic heterocycles. The van der Waals surface area contributed by atoms with Crippen LogP contribution in [0, 0.1) is 0 Å². The van der Waals surface area contributed by atoms with E-state index in [2.05, 4.69) is 15.5 Å². The summed E-state index contributed by atoms with van der Waals surface area (Å²) >= 11 is 7.29. The number of hydrogen-bond acceptors (Lipinski definition) is 4. The van der Waals surface area contributed by atoms with E-state index in [4.69, 9.17) is 11.6 Å². The zero-order valence-corrected chi connectivity index (χ0v) is 12.8. The Morgan fingerprint density at radius 1 is 1.55 bits per heavy atom. The lowest BCUT2D eigenvalue weighted by atomic mass is 10.1. The molecule has 1 heterocycles. The van der Waals surface area contributed by atoms with Crippen molar-refractivity contribution < 1.29 is 4.79 Å². The van der Waals surface area contributed by atoms with Crippen LogP contribution in [0.2, 0.25) is 5.02 Å². The number of nitrogens with one attached hydrogen (secondary N) is 1. The SMILES string of the molecule is C[C@H](NC(=O)CSc1nncn1C)c1cccc(Cl)c1. The summed E-state index contributed by atoms with van der Waals surface area (Å²) < 4.78 is 1.78. The zero-order valence-electron chi connectivity index (χ0n) is 11.2. The Morgan fingerprint density at radius 3 is 3.00 bits per heavy atom. The highest BCUT2D eigenvalue weighted by Crippen LogP contribution is 2.18. The Kier molecular flexibility index (Phi) is 5.03. The van der Waals surface area contributed by atoms with Gasteiger partial charge < -0.3 is 9.88 Å². The Labute approximate surface area is 126 Å². The van der Waals surface area contributed by atoms with Crippen molar-refractivity contribution >= 4 is 29.3 Å². The van der Waals surface area contributed by atoms with Gasteiger partial charge in [-0.15, -0.1) is 10.2 Å². The summed E-state index contributed by atoms with van der Waals surface area (Å²) in [5.41, 5.74) is 0.981. The van der Waals surface area contributed by atoms with E-state index in [0.717, 1.165) is 10.7 Å². The minimum atomic E-state index is -0.0821. The van der Waals surface area contributed by atoms with E-state index in [1.165, 1.54) is 11.8 Å². The minimum absolute atomic E-state index is 0.0505. The van der Waals surface area contributed by atoms with Gasteiger partial charge in [0.1, 0.15) is 6.33 Å². The number of carbonyl (C=O) groups excluding carboxylic acids is 1. The predicted molar refractivity (Wildman–Crippen MR) is 79.7 cm³/mol. The van der Waals surface area contributed by atoms with Crippen molar-refractivity contribution in [2.45, 2.75) is 18.1 Å². The number of aryl methyl sites for hydroxylation is 1. The van der Waals surface area contributed by atoms with Crippen LogP contribution in [-0.4, -0.2) is 26.4 Å². The monoisotopic (exact) mass is 310 g/mol. The lowest BCUT2D eigenvalue weighted by Crippen LogP contribution is -2.28. The van der Waals surface area contributed by atoms with E-state index >= 15 is 0 Å². The van der Waals surface area contributed by atoms with Crippen LogP contribution in [0.4, 0.5) is 0 Å². The molecule has 0 fully saturated rings. The van der Waals surface area contributed by atoms with Crippen LogP contribution in [0.5, 0.6) is 0 Å². The highest BCUT2D eigenvalue weighted by atomic mass is 35.5. The third-order valence-corrected chi connectivity index (χ3v) is 4.00. The molecule has 1 amide bonds. The van der Waals surface area contributed by atoms with Crippen LogP contribution in [0.15, 0.2) is 35.7 Å². The Bertz CT molecular complexity index is 602. The average molecular weight is 311 g/mol. The Balaban J connectivity index is 1.87. The van der Waals surface area contributed by atoms with E-state index < -0.39 is 0 Å². The molecule has 2 aromatic rings. The number of thioether (sulfide) groups is 1. The normalized spacial score (nSPS) is 12.2. The zero-order chi connectivity index (χ0) is 14.5. The fourth-order valence-electron chi connectivity index (χ4n) is 1.68. The fraction of sp³-hybridized carbons (Fsp3) is 0.308. The maximum atomic E-state index is 11.9. The number of carbonyl (C=O) groups is 1. The Hall–Kier alpha value is -1.53. The number of aromatic nitrogens is 3. The maximum absolute atomic E-state index is 11.9. The standard InChI is InChI=1S/C13H15ClN4OS/c1-9(10-4-3-5-11(14)6-10)16-12(19)7-20-13-17-15-8-18(13)2/h3-6,8-9H,7H2,1-2H3,(H,16,19)/t9-/m0/s1. The molecule has 5 nitrogen and oxygen atoms in total. The molecule has 0 aliphatic heterocycles. The summed E-state index contributed by atoms with van der Waals surface area (Å²) in [6.07, 6.45) is 1.61. The van der Waals surface area contributed by atoms with Gasteiger partial charge in [-0.05, 0) is 24.6 Å². The van der Waals surface area contributed by atoms with Crippen LogP contribution >= 0.6 is 23.4 Å². The van der Waals surface area contributed by atoms with Crippen LogP contribution < -0.4 is 5.32 Å². The van der Waals surface area contributed by atoms with E-state index in [0.29, 0.717) is 10.8 Å². The quantitative estimate of drug-likeness (QED) is 0.862. The van der Waals surface area contributed by atoms with E-state index in [1.54, 1.807) is 10.9 Å². The van der Waals surface area contributed by atoms with Gasteiger partial charge >= 0.3 is 0 Å². The number of halogens is 1. The molecule has 0 saturated heterocycles. The van der Waals surface area contributed by atoms with E-state index in [9.17, 15) is 4.79 Å². The number of benzene rings is 1. The van der Waals surface area contributed by atoms with Crippen LogP contribution in [0.25, 0.3) is 0 Å². The smallest absolute Gasteiger partial charge is 0.230 e. The van der Waals surface area contributed by atoms with E-state index in [1.807, 2.05) is 38.2 Å². The molecule has 0 unspecified atom stereocenters. The first-order valence-corrected chi connectivity index (χ1v) is 7.44. The third kappa shape index (κ3) is 3.98. The molecule has 2 rings (SSSR count). The van der Waals surface area contributed by atoms with Gasteiger partial charge in [0.15, 0.2) is 5.16 Å². The summed E-state index contributed by atoms with van der Waals surface area (Å²) in [6, 6.07) is 7.38. The predicted octanol–water partition coefficient (Wildman–Crippen LogP) is 2.44. The molecule has 0 bridgehead atoms. The summed E-state index contributed by atoms with van der Waals surface area (Å²) in [7, 11) is 1.84. The van der Waals surface area contributed by atoms with Crippen molar-refractivity contribution in [2.24, 2.45) is 7.05 Å². The van der Waals surface area contributed by atoms with Gasteiger partial charge in [0.2, 0.25) is 5.91 Å². The average Bonchev–Trinajstić information content (AvgIpc) is 2.82. The van der Waals surface area contributed by atoms with Crippen molar-refractivity contribution in [3.8, 4) is 0 Å².